The van der Waals surface area contributed by atoms with Gasteiger partial charge in [-0.25, -0.2) is 4.98 Å². The molecule has 52 heavy (non-hydrogen) atoms. The molecule has 0 fully saturated rings. The smallest absolute Gasteiger partial charge is 0.326 e. The monoisotopic (exact) mass is 792 g/mol. The number of hydrogen-bond donors (Lipinski definition) is 0. The van der Waals surface area contributed by atoms with Gasteiger partial charge in [0.15, 0.2) is 0 Å². The summed E-state index contributed by atoms with van der Waals surface area (Å²) in [4.78, 5) is 16.4. The van der Waals surface area contributed by atoms with Crippen molar-refractivity contribution < 1.29 is 9.53 Å². The lowest BCUT2D eigenvalue weighted by Crippen LogP contribution is -2.20. The highest BCUT2D eigenvalue weighted by Crippen LogP contribution is 2.34. The first-order valence-electron chi connectivity index (χ1n) is 21.0. The van der Waals surface area contributed by atoms with Crippen molar-refractivity contribution in [2.45, 2.75) is 180 Å². The summed E-state index contributed by atoms with van der Waals surface area (Å²) in [7, 11) is 7.82. The molecule has 298 valence electrons. The molecule has 0 saturated heterocycles. The van der Waals surface area contributed by atoms with E-state index in [1.807, 2.05) is 43.2 Å². The van der Waals surface area contributed by atoms with Gasteiger partial charge in [-0.05, 0) is 77.0 Å². The van der Waals surface area contributed by atoms with E-state index in [-0.39, 0.29) is 12.5 Å². The van der Waals surface area contributed by atoms with E-state index in [4.69, 9.17) is 4.74 Å². The molecule has 1 heterocycles. The number of hydrogen-bond acceptors (Lipinski definition) is 7. The predicted molar refractivity (Wildman–Crippen MR) is 241 cm³/mol. The van der Waals surface area contributed by atoms with Crippen LogP contribution in [0.5, 0.6) is 0 Å². The van der Waals surface area contributed by atoms with Crippen molar-refractivity contribution in [2.75, 3.05) is 23.9 Å². The number of imidazole rings is 1. The zero-order valence-electron chi connectivity index (χ0n) is 33.3. The van der Waals surface area contributed by atoms with Crippen molar-refractivity contribution in [2.24, 2.45) is 0 Å². The number of unbranched alkanes of at least 4 members (excludes halogenated alkanes) is 18. The van der Waals surface area contributed by atoms with Gasteiger partial charge in [0.05, 0.1) is 11.6 Å². The molecule has 1 aromatic heterocycles. The highest BCUT2D eigenvalue weighted by Gasteiger charge is 2.14. The molecule has 0 radical (unpaired) electrons. The zero-order chi connectivity index (χ0) is 37.3. The summed E-state index contributed by atoms with van der Waals surface area (Å²) in [5.74, 6) is 3.20. The Labute approximate surface area is 337 Å². The molecule has 0 N–H and O–H groups in total. The van der Waals surface area contributed by atoms with E-state index in [9.17, 15) is 4.79 Å². The van der Waals surface area contributed by atoms with Crippen molar-refractivity contribution in [3.63, 3.8) is 0 Å². The molecule has 0 spiro atoms. The summed E-state index contributed by atoms with van der Waals surface area (Å²) >= 11 is 0. The molecule has 0 aliphatic heterocycles. The van der Waals surface area contributed by atoms with Crippen LogP contribution in [0.2, 0.25) is 0 Å². The van der Waals surface area contributed by atoms with E-state index in [1.54, 1.807) is 23.3 Å². The molecule has 1 unspecified atom stereocenters. The van der Waals surface area contributed by atoms with Gasteiger partial charge in [0.1, 0.15) is 13.2 Å². The third-order valence-corrected chi connectivity index (χ3v) is 14.4. The number of ether oxygens (including phenoxy) is 1. The highest BCUT2D eigenvalue weighted by atomic mass is 33.1. The van der Waals surface area contributed by atoms with E-state index < -0.39 is 0 Å². The maximum absolute atomic E-state index is 12.4. The number of carbonyl (C=O) groups excluding carboxylic acids is 1. The number of carbonyl (C=O) groups is 1. The topological polar surface area (TPSA) is 44.1 Å². The zero-order valence-corrected chi connectivity index (χ0v) is 36.5. The van der Waals surface area contributed by atoms with Crippen molar-refractivity contribution in [3.05, 3.63) is 67.3 Å². The van der Waals surface area contributed by atoms with Crippen LogP contribution in [0, 0.1) is 0 Å². The maximum Gasteiger partial charge on any atom is 0.326 e. The summed E-state index contributed by atoms with van der Waals surface area (Å²) < 4.78 is 7.46. The quantitative estimate of drug-likeness (QED) is 0.0285. The highest BCUT2D eigenvalue weighted by molar-refractivity contribution is 8.78. The van der Waals surface area contributed by atoms with Gasteiger partial charge in [0.2, 0.25) is 0 Å². The SMILES string of the molecule is CCCCC/C=C\C/C=C\CCCCCCCCSSCC(COC(=O)Cn1ccnc1)SSCCCCCCCC/C=C\C/C=C\CCCCC. The van der Waals surface area contributed by atoms with Crippen LogP contribution in [0.3, 0.4) is 0 Å². The fourth-order valence-electron chi connectivity index (χ4n) is 5.49. The molecular formula is C44H76N2O2S4. The lowest BCUT2D eigenvalue weighted by atomic mass is 10.1. The van der Waals surface area contributed by atoms with Crippen molar-refractivity contribution in [1.82, 2.24) is 9.55 Å². The average Bonchev–Trinajstić information content (AvgIpc) is 3.66. The first-order valence-corrected chi connectivity index (χ1v) is 25.9. The van der Waals surface area contributed by atoms with E-state index in [1.165, 1.54) is 153 Å². The van der Waals surface area contributed by atoms with Crippen LogP contribution < -0.4 is 0 Å². The molecule has 0 amide bonds. The van der Waals surface area contributed by atoms with Gasteiger partial charge in [0.25, 0.3) is 0 Å². The molecule has 0 bridgehead atoms. The van der Waals surface area contributed by atoms with Crippen LogP contribution in [-0.2, 0) is 16.1 Å². The third kappa shape index (κ3) is 36.0. The van der Waals surface area contributed by atoms with Crippen LogP contribution in [0.1, 0.15) is 168 Å². The van der Waals surface area contributed by atoms with Crippen LogP contribution in [-0.4, -0.2) is 44.6 Å². The minimum atomic E-state index is -0.183. The molecule has 0 saturated carbocycles. The fourth-order valence-corrected chi connectivity index (χ4v) is 11.1. The van der Waals surface area contributed by atoms with Gasteiger partial charge >= 0.3 is 5.97 Å². The van der Waals surface area contributed by atoms with Gasteiger partial charge in [-0.2, -0.15) is 0 Å². The van der Waals surface area contributed by atoms with Crippen LogP contribution in [0.15, 0.2) is 67.3 Å². The second-order valence-corrected chi connectivity index (χ2v) is 19.1. The summed E-state index contributed by atoms with van der Waals surface area (Å²) in [5, 5.41) is 0.315. The molecule has 0 aromatic carbocycles. The number of allylic oxidation sites excluding steroid dienone is 8. The largest absolute Gasteiger partial charge is 0.463 e. The van der Waals surface area contributed by atoms with Gasteiger partial charge in [-0.15, -0.1) is 0 Å². The van der Waals surface area contributed by atoms with Gasteiger partial charge in [-0.1, -0.05) is 183 Å². The van der Waals surface area contributed by atoms with Gasteiger partial charge < -0.3 is 9.30 Å². The summed E-state index contributed by atoms with van der Waals surface area (Å²) in [6.45, 7) is 5.23. The minimum absolute atomic E-state index is 0.183. The minimum Gasteiger partial charge on any atom is -0.463 e. The Morgan fingerprint density at radius 1 is 0.615 bits per heavy atom. The van der Waals surface area contributed by atoms with Crippen LogP contribution in [0.25, 0.3) is 0 Å². The first-order chi connectivity index (χ1) is 25.8. The lowest BCUT2D eigenvalue weighted by molar-refractivity contribution is -0.144. The Morgan fingerprint density at radius 3 is 1.60 bits per heavy atom. The second-order valence-electron chi connectivity index (χ2n) is 13.7. The van der Waals surface area contributed by atoms with E-state index >= 15 is 0 Å². The van der Waals surface area contributed by atoms with Gasteiger partial charge in [0, 0.05) is 29.7 Å². The molecule has 0 aliphatic carbocycles. The Balaban J connectivity index is 2.08. The summed E-state index contributed by atoms with van der Waals surface area (Å²) in [6.07, 6.45) is 54.9. The molecule has 1 atom stereocenters. The Bertz CT molecular complexity index is 996. The van der Waals surface area contributed by atoms with Gasteiger partial charge in [-0.3, -0.25) is 4.79 Å². The third-order valence-electron chi connectivity index (χ3n) is 8.70. The Kier molecular flexibility index (Phi) is 38.9. The molecule has 0 aliphatic rings. The molecule has 8 heteroatoms. The maximum atomic E-state index is 12.4. The van der Waals surface area contributed by atoms with Crippen molar-refractivity contribution >= 4 is 49.1 Å². The Morgan fingerprint density at radius 2 is 1.10 bits per heavy atom. The number of aromatic nitrogens is 2. The molecule has 1 aromatic rings. The van der Waals surface area contributed by atoms with Crippen molar-refractivity contribution in [3.8, 4) is 0 Å². The molecule has 1 rings (SSSR count). The van der Waals surface area contributed by atoms with E-state index in [2.05, 4.69) is 67.4 Å². The van der Waals surface area contributed by atoms with Crippen LogP contribution in [0.4, 0.5) is 0 Å². The standard InChI is InChI=1S/C44H76N2O2S4/c1-3-5-7-9-11-13-15-17-19-21-23-25-27-29-31-33-37-49-51-41-43(40-48-44(47)39-46-36-35-45-42-46)52-50-38-34-32-30-28-26-24-22-20-18-16-14-12-10-8-6-4-2/h11-14,17-20,35-36,42-43H,3-10,15-16,21-34,37-41H2,1-2H3/b13-11-,14-12-,19-17-,20-18-. The number of nitrogens with zero attached hydrogens (tertiary/aromatic N) is 2. The summed E-state index contributed by atoms with van der Waals surface area (Å²) in [5.41, 5.74) is 0. The lowest BCUT2D eigenvalue weighted by Gasteiger charge is -2.16. The normalized spacial score (nSPS) is 12.7. The summed E-state index contributed by atoms with van der Waals surface area (Å²) in [6, 6.07) is 0. The average molecular weight is 793 g/mol. The molecular weight excluding hydrogens is 717 g/mol. The van der Waals surface area contributed by atoms with E-state index in [0.717, 1.165) is 18.6 Å². The van der Waals surface area contributed by atoms with Crippen molar-refractivity contribution in [1.29, 1.82) is 0 Å². The Hall–Kier alpha value is -0.960. The molecule has 4 nitrogen and oxygen atoms in total. The predicted octanol–water partition coefficient (Wildman–Crippen LogP) is 15.2. The van der Waals surface area contributed by atoms with Crippen LogP contribution >= 0.6 is 43.2 Å². The number of rotatable bonds is 39. The number of esters is 1. The fraction of sp³-hybridized carbons (Fsp3) is 0.727. The second kappa shape index (κ2) is 41.2. The first kappa shape index (κ1) is 49.1. The van der Waals surface area contributed by atoms with E-state index in [0.29, 0.717) is 11.9 Å².